The maximum Gasteiger partial charge on any atom is 0.332 e. The van der Waals surface area contributed by atoms with Crippen LogP contribution in [0.3, 0.4) is 0 Å². The van der Waals surface area contributed by atoms with Gasteiger partial charge in [0.2, 0.25) is 11.8 Å². The largest absolute Gasteiger partial charge is 0.378 e. The van der Waals surface area contributed by atoms with Gasteiger partial charge in [0.05, 0.1) is 9.95 Å². The van der Waals surface area contributed by atoms with Gasteiger partial charge in [-0.1, -0.05) is 11.6 Å². The molecule has 0 aromatic carbocycles. The first-order valence-electron chi connectivity index (χ1n) is 8.82. The molecule has 5 N–H and O–H groups in total. The molecule has 1 aliphatic rings. The van der Waals surface area contributed by atoms with Gasteiger partial charge in [-0.2, -0.15) is 4.98 Å². The first-order chi connectivity index (χ1) is 12.9. The molecule has 1 aliphatic carbocycles. The fourth-order valence-electron chi connectivity index (χ4n) is 3.33. The van der Waals surface area contributed by atoms with Crippen molar-refractivity contribution in [3.63, 3.8) is 0 Å². The van der Waals surface area contributed by atoms with Crippen molar-refractivity contribution in [2.75, 3.05) is 11.1 Å². The Labute approximate surface area is 161 Å². The number of halogens is 1. The number of nitro groups is 1. The minimum atomic E-state index is -0.511. The van der Waals surface area contributed by atoms with Crippen LogP contribution in [-0.4, -0.2) is 25.9 Å². The summed E-state index contributed by atoms with van der Waals surface area (Å²) in [5.41, 5.74) is 12.8. The molecule has 2 heterocycles. The average molecular weight is 392 g/mol. The predicted molar refractivity (Wildman–Crippen MR) is 103 cm³/mol. The van der Waals surface area contributed by atoms with Crippen molar-refractivity contribution >= 4 is 29.1 Å². The molecule has 144 valence electrons. The predicted octanol–water partition coefficient (Wildman–Crippen LogP) is 2.69. The fraction of sp³-hybridized carbons (Fsp3) is 0.471. The van der Waals surface area contributed by atoms with Gasteiger partial charge in [-0.05, 0) is 49.7 Å². The number of nitrogens with two attached hydrogens (primary N) is 2. The van der Waals surface area contributed by atoms with E-state index in [0.717, 1.165) is 31.2 Å². The van der Waals surface area contributed by atoms with Crippen LogP contribution in [0.4, 0.5) is 17.5 Å². The Hall–Kier alpha value is -2.52. The molecule has 0 radical (unpaired) electrons. The Morgan fingerprint density at radius 2 is 2.04 bits per heavy atom. The number of anilines is 2. The third-order valence-corrected chi connectivity index (χ3v) is 5.17. The van der Waals surface area contributed by atoms with Gasteiger partial charge in [-0.25, -0.2) is 4.98 Å². The third kappa shape index (κ3) is 4.81. The average Bonchev–Trinajstić information content (AvgIpc) is 2.62. The normalized spacial score (nSPS) is 19.6. The van der Waals surface area contributed by atoms with Gasteiger partial charge in [0, 0.05) is 25.0 Å². The summed E-state index contributed by atoms with van der Waals surface area (Å²) < 4.78 is 0. The second-order valence-electron chi connectivity index (χ2n) is 6.79. The van der Waals surface area contributed by atoms with Crippen molar-refractivity contribution in [2.24, 2.45) is 11.7 Å². The summed E-state index contributed by atoms with van der Waals surface area (Å²) in [5.74, 6) is 0.412. The molecule has 1 fully saturated rings. The summed E-state index contributed by atoms with van der Waals surface area (Å²) in [7, 11) is 0. The minimum absolute atomic E-state index is 0.138. The highest BCUT2D eigenvalue weighted by molar-refractivity contribution is 6.31. The number of aromatic nitrogens is 3. The molecular weight excluding hydrogens is 370 g/mol. The summed E-state index contributed by atoms with van der Waals surface area (Å²) in [6, 6.07) is 1.99. The van der Waals surface area contributed by atoms with Crippen molar-refractivity contribution in [2.45, 2.75) is 44.7 Å². The van der Waals surface area contributed by atoms with Crippen LogP contribution in [0.15, 0.2) is 18.5 Å². The molecule has 9 nitrogen and oxygen atoms in total. The van der Waals surface area contributed by atoms with E-state index in [1.54, 1.807) is 18.5 Å². The van der Waals surface area contributed by atoms with Crippen molar-refractivity contribution in [1.29, 1.82) is 0 Å². The van der Waals surface area contributed by atoms with E-state index < -0.39 is 4.92 Å². The minimum Gasteiger partial charge on any atom is -0.378 e. The Balaban J connectivity index is 1.80. The number of nitrogens with zero attached hydrogens (tertiary/aromatic N) is 4. The maximum absolute atomic E-state index is 11.5. The van der Waals surface area contributed by atoms with E-state index >= 15 is 0 Å². The number of nitrogen functional groups attached to an aromatic ring is 1. The van der Waals surface area contributed by atoms with Crippen molar-refractivity contribution < 1.29 is 4.92 Å². The van der Waals surface area contributed by atoms with Crippen LogP contribution in [0.25, 0.3) is 0 Å². The fourth-order valence-corrected chi connectivity index (χ4v) is 3.51. The SMILES string of the molecule is Nc1nc(NCc2ccncc2Cl)nc(CC2CCC(N)CC2)c1[N+](=O)[O-]. The molecule has 0 bridgehead atoms. The van der Waals surface area contributed by atoms with Crippen LogP contribution in [0.2, 0.25) is 5.02 Å². The Bertz CT molecular complexity index is 825. The molecule has 0 atom stereocenters. The topological polar surface area (TPSA) is 146 Å². The highest BCUT2D eigenvalue weighted by Crippen LogP contribution is 2.32. The first kappa shape index (κ1) is 19.2. The van der Waals surface area contributed by atoms with Crippen LogP contribution in [-0.2, 0) is 13.0 Å². The number of pyridine rings is 1. The van der Waals surface area contributed by atoms with E-state index in [0.29, 0.717) is 29.6 Å². The van der Waals surface area contributed by atoms with Crippen LogP contribution >= 0.6 is 11.6 Å². The molecule has 3 rings (SSSR count). The second kappa shape index (κ2) is 8.45. The zero-order valence-electron chi connectivity index (χ0n) is 14.8. The van der Waals surface area contributed by atoms with Gasteiger partial charge < -0.3 is 16.8 Å². The van der Waals surface area contributed by atoms with E-state index in [4.69, 9.17) is 23.1 Å². The molecule has 27 heavy (non-hydrogen) atoms. The van der Waals surface area contributed by atoms with Crippen molar-refractivity contribution in [3.8, 4) is 0 Å². The van der Waals surface area contributed by atoms with Gasteiger partial charge in [0.15, 0.2) is 0 Å². The molecule has 0 amide bonds. The molecule has 1 saturated carbocycles. The standard InChI is InChI=1S/C17H22ClN7O2/c18-13-9-21-6-5-11(13)8-22-17-23-14(15(25(26)27)16(20)24-17)7-10-1-3-12(19)4-2-10/h5-6,9-10,12H,1-4,7-8,19H2,(H3,20,22,23,24). The van der Waals surface area contributed by atoms with E-state index in [-0.39, 0.29) is 23.5 Å². The summed E-state index contributed by atoms with van der Waals surface area (Å²) in [4.78, 5) is 23.3. The summed E-state index contributed by atoms with van der Waals surface area (Å²) in [6.07, 6.45) is 7.36. The number of rotatable bonds is 6. The van der Waals surface area contributed by atoms with Crippen molar-refractivity contribution in [1.82, 2.24) is 15.0 Å². The Kier molecular flexibility index (Phi) is 6.02. The lowest BCUT2D eigenvalue weighted by molar-refractivity contribution is -0.385. The number of hydrogen-bond acceptors (Lipinski definition) is 8. The van der Waals surface area contributed by atoms with Gasteiger partial charge >= 0.3 is 5.69 Å². The highest BCUT2D eigenvalue weighted by Gasteiger charge is 2.27. The van der Waals surface area contributed by atoms with Crippen LogP contribution in [0, 0.1) is 16.0 Å². The third-order valence-electron chi connectivity index (χ3n) is 4.83. The van der Waals surface area contributed by atoms with E-state index in [1.165, 1.54) is 0 Å². The van der Waals surface area contributed by atoms with Gasteiger partial charge in [0.25, 0.3) is 0 Å². The maximum atomic E-state index is 11.5. The highest BCUT2D eigenvalue weighted by atomic mass is 35.5. The second-order valence-corrected chi connectivity index (χ2v) is 7.20. The molecule has 0 aliphatic heterocycles. The Morgan fingerprint density at radius 3 is 2.70 bits per heavy atom. The molecule has 0 spiro atoms. The lowest BCUT2D eigenvalue weighted by atomic mass is 9.83. The van der Waals surface area contributed by atoms with Gasteiger partial charge in [-0.3, -0.25) is 15.1 Å². The quantitative estimate of drug-likeness (QED) is 0.503. The van der Waals surface area contributed by atoms with Crippen LogP contribution < -0.4 is 16.8 Å². The summed E-state index contributed by atoms with van der Waals surface area (Å²) in [5, 5.41) is 15.0. The van der Waals surface area contributed by atoms with E-state index in [1.807, 2.05) is 0 Å². The van der Waals surface area contributed by atoms with Gasteiger partial charge in [0.1, 0.15) is 5.69 Å². The Morgan fingerprint density at radius 1 is 1.30 bits per heavy atom. The lowest BCUT2D eigenvalue weighted by Crippen LogP contribution is -2.27. The zero-order valence-corrected chi connectivity index (χ0v) is 15.5. The van der Waals surface area contributed by atoms with E-state index in [9.17, 15) is 10.1 Å². The first-order valence-corrected chi connectivity index (χ1v) is 9.20. The number of hydrogen-bond donors (Lipinski definition) is 3. The monoisotopic (exact) mass is 391 g/mol. The van der Waals surface area contributed by atoms with Gasteiger partial charge in [-0.15, -0.1) is 0 Å². The van der Waals surface area contributed by atoms with Crippen LogP contribution in [0.5, 0.6) is 0 Å². The molecule has 10 heteroatoms. The number of nitrogens with one attached hydrogen (secondary N) is 1. The van der Waals surface area contributed by atoms with E-state index in [2.05, 4.69) is 20.3 Å². The molecule has 0 unspecified atom stereocenters. The molecular formula is C17H22ClN7O2. The molecule has 0 saturated heterocycles. The van der Waals surface area contributed by atoms with Crippen LogP contribution in [0.1, 0.15) is 36.9 Å². The zero-order chi connectivity index (χ0) is 19.4. The molecule has 2 aromatic rings. The summed E-state index contributed by atoms with van der Waals surface area (Å²) in [6.45, 7) is 0.357. The van der Waals surface area contributed by atoms with Crippen molar-refractivity contribution in [3.05, 3.63) is 44.9 Å². The lowest BCUT2D eigenvalue weighted by Gasteiger charge is -2.25. The smallest absolute Gasteiger partial charge is 0.332 e. The molecule has 2 aromatic heterocycles. The summed E-state index contributed by atoms with van der Waals surface area (Å²) >= 11 is 6.09.